The molecule has 2 fully saturated rings. The van der Waals surface area contributed by atoms with E-state index < -0.39 is 35.2 Å². The molecule has 446 valence electrons. The molecule has 8 rings (SSSR count). The van der Waals surface area contributed by atoms with Gasteiger partial charge in [0.05, 0.1) is 22.6 Å². The first-order valence-electron chi connectivity index (χ1n) is 28.2. The van der Waals surface area contributed by atoms with E-state index in [1.54, 1.807) is 93.6 Å². The highest BCUT2D eigenvalue weighted by Gasteiger charge is 2.23. The molecule has 0 radical (unpaired) electrons. The van der Waals surface area contributed by atoms with Crippen molar-refractivity contribution in [1.82, 2.24) is 57.3 Å². The van der Waals surface area contributed by atoms with Crippen molar-refractivity contribution >= 4 is 35.4 Å². The predicted octanol–water partition coefficient (Wildman–Crippen LogP) is 10.6. The summed E-state index contributed by atoms with van der Waals surface area (Å²) in [7, 11) is 0. The van der Waals surface area contributed by atoms with Gasteiger partial charge in [-0.2, -0.15) is 0 Å². The summed E-state index contributed by atoms with van der Waals surface area (Å²) in [6, 6.07) is 18.4. The number of pyridine rings is 1. The number of rotatable bonds is 18. The van der Waals surface area contributed by atoms with Gasteiger partial charge in [-0.1, -0.05) is 71.1 Å². The van der Waals surface area contributed by atoms with Gasteiger partial charge in [0.15, 0.2) is 11.4 Å². The minimum Gasteiger partial charge on any atom is -0.351 e. The Kier molecular flexibility index (Phi) is 23.6. The van der Waals surface area contributed by atoms with Crippen molar-refractivity contribution in [3.8, 4) is 33.8 Å². The molecule has 3 heterocycles. The van der Waals surface area contributed by atoms with Crippen molar-refractivity contribution in [3.63, 3.8) is 0 Å². The number of amides is 6. The lowest BCUT2D eigenvalue weighted by Gasteiger charge is -2.22. The maximum Gasteiger partial charge on any atom is 0.272 e. The monoisotopic (exact) mass is 1160 g/mol. The fourth-order valence-electron chi connectivity index (χ4n) is 9.19. The lowest BCUT2D eigenvalue weighted by atomic mass is 9.95. The second kappa shape index (κ2) is 30.9. The zero-order valence-corrected chi connectivity index (χ0v) is 49.0. The van der Waals surface area contributed by atoms with E-state index in [-0.39, 0.29) is 76.4 Å². The van der Waals surface area contributed by atoms with Gasteiger partial charge in [-0.05, 0) is 141 Å². The van der Waals surface area contributed by atoms with E-state index in [4.69, 9.17) is 0 Å². The lowest BCUT2D eigenvalue weighted by molar-refractivity contribution is 0.0916. The van der Waals surface area contributed by atoms with Gasteiger partial charge >= 0.3 is 0 Å². The van der Waals surface area contributed by atoms with E-state index in [0.29, 0.717) is 69.1 Å². The average Bonchev–Trinajstić information content (AvgIpc) is 4.14. The first kappa shape index (κ1) is 65.0. The van der Waals surface area contributed by atoms with Crippen molar-refractivity contribution in [2.24, 2.45) is 5.41 Å². The molecule has 85 heavy (non-hydrogen) atoms. The third-order valence-corrected chi connectivity index (χ3v) is 14.1. The number of nitrogens with zero attached hydrogens (tertiary/aromatic N) is 5. The van der Waals surface area contributed by atoms with Crippen LogP contribution in [-0.4, -0.2) is 99.1 Å². The van der Waals surface area contributed by atoms with Crippen LogP contribution in [0.25, 0.3) is 33.8 Å². The molecule has 0 atom stereocenters. The number of nitrogens with one attached hydrogen (secondary N) is 6. The van der Waals surface area contributed by atoms with Gasteiger partial charge in [-0.3, -0.25) is 33.8 Å². The van der Waals surface area contributed by atoms with E-state index in [1.165, 1.54) is 30.8 Å². The molecule has 0 bridgehead atoms. The van der Waals surface area contributed by atoms with Crippen LogP contribution in [-0.2, 0) is 0 Å². The Labute approximate surface area is 494 Å². The molecule has 3 aromatic carbocycles. The van der Waals surface area contributed by atoms with E-state index in [2.05, 4.69) is 77.0 Å². The molecule has 0 unspecified atom stereocenters. The summed E-state index contributed by atoms with van der Waals surface area (Å²) in [5, 5.41) is 32.9. The third kappa shape index (κ3) is 18.6. The van der Waals surface area contributed by atoms with Gasteiger partial charge in [-0.15, -0.1) is 40.1 Å². The summed E-state index contributed by atoms with van der Waals surface area (Å²) < 4.78 is 43.0. The molecule has 2 aliphatic carbocycles. The van der Waals surface area contributed by atoms with E-state index in [9.17, 15) is 41.9 Å². The van der Waals surface area contributed by atoms with E-state index in [1.807, 2.05) is 20.8 Å². The highest BCUT2D eigenvalue weighted by Crippen LogP contribution is 2.29. The second-order valence-electron chi connectivity index (χ2n) is 21.9. The second-order valence-corrected chi connectivity index (χ2v) is 21.9. The van der Waals surface area contributed by atoms with Crippen LogP contribution >= 0.6 is 0 Å². The number of halogens is 3. The number of carbonyl (C=O) groups excluding carboxylic acids is 6. The van der Waals surface area contributed by atoms with Crippen LogP contribution in [0.15, 0.2) is 117 Å². The molecular formula is C65H74F3N11O6. The summed E-state index contributed by atoms with van der Waals surface area (Å²) in [6.45, 7) is 23.0. The van der Waals surface area contributed by atoms with Crippen LogP contribution in [0.3, 0.4) is 0 Å². The minimum atomic E-state index is -0.508. The molecule has 0 saturated heterocycles. The lowest BCUT2D eigenvalue weighted by Crippen LogP contribution is -2.36. The molecule has 17 nitrogen and oxygen atoms in total. The zero-order valence-electron chi connectivity index (χ0n) is 49.0. The largest absolute Gasteiger partial charge is 0.351 e. The van der Waals surface area contributed by atoms with Gasteiger partial charge in [0.1, 0.15) is 17.5 Å². The van der Waals surface area contributed by atoms with Gasteiger partial charge in [0.25, 0.3) is 35.4 Å². The van der Waals surface area contributed by atoms with E-state index >= 15 is 0 Å². The topological polar surface area (TPSA) is 239 Å². The highest BCUT2D eigenvalue weighted by atomic mass is 19.1. The molecule has 6 amide bonds. The molecule has 2 saturated carbocycles. The number of carbonyl (C=O) groups is 6. The average molecular weight is 1160 g/mol. The van der Waals surface area contributed by atoms with Crippen molar-refractivity contribution < 1.29 is 41.9 Å². The standard InChI is InChI=1S/C22H25FN4O2.C22H26FN3O2.C21H23FN4O2/c1-3-11-24-21(28)15-12-17(14(2)18(23)13-15)19-9-10-20(27-26-19)22(29)25-16-7-5-4-6-8-16;1-6-9-24-21(28)16-10-17(14(2)18(23)11-16)19-8-7-15(12-25-19)20(27)26-13-22(3,4)5;1-3-10-23-20(27)14-11-16(13(2)17(22)12-14)18-8-9-19(26-25-18)21(28)24-15-6-4-5-7-15/h3,9-10,12-13,16H,1,4-8,11H2,2H3,(H,24,28)(H,25,29);6-8,10-12H,1,9,13H2,2-5H3,(H,24,28)(H,26,27);3,8-9,11-12,15H,1,4-7,10H2,2H3,(H,23,27)(H,24,28). The fourth-order valence-corrected chi connectivity index (χ4v) is 9.19. The van der Waals surface area contributed by atoms with Crippen molar-refractivity contribution in [2.75, 3.05) is 26.2 Å². The fraction of sp³-hybridized carbons (Fsp3) is 0.338. The van der Waals surface area contributed by atoms with Gasteiger partial charge in [-0.25, -0.2) is 13.2 Å². The molecule has 3 aromatic heterocycles. The quantitative estimate of drug-likeness (QED) is 0.0443. The van der Waals surface area contributed by atoms with Crippen LogP contribution in [0, 0.1) is 43.6 Å². The van der Waals surface area contributed by atoms with Gasteiger partial charge < -0.3 is 31.9 Å². The minimum absolute atomic E-state index is 0.0235. The van der Waals surface area contributed by atoms with Gasteiger partial charge in [0, 0.05) is 77.8 Å². The Bertz CT molecular complexity index is 3390. The summed E-state index contributed by atoms with van der Waals surface area (Å²) in [5.74, 6) is -3.43. The summed E-state index contributed by atoms with van der Waals surface area (Å²) in [6.07, 6.45) is 15.7. The van der Waals surface area contributed by atoms with Crippen molar-refractivity contribution in [3.05, 3.63) is 185 Å². The molecule has 6 N–H and O–H groups in total. The first-order chi connectivity index (χ1) is 40.6. The maximum absolute atomic E-state index is 14.4. The van der Waals surface area contributed by atoms with E-state index in [0.717, 1.165) is 51.4 Å². The Balaban J connectivity index is 0.000000204. The van der Waals surface area contributed by atoms with Gasteiger partial charge in [0.2, 0.25) is 0 Å². The molecule has 6 aromatic rings. The Morgan fingerprint density at radius 2 is 0.824 bits per heavy atom. The smallest absolute Gasteiger partial charge is 0.272 e. The van der Waals surface area contributed by atoms with Crippen molar-refractivity contribution in [1.29, 1.82) is 0 Å². The summed E-state index contributed by atoms with van der Waals surface area (Å²) in [5.41, 5.74) is 5.22. The number of aromatic nitrogens is 5. The Morgan fingerprint density at radius 3 is 1.15 bits per heavy atom. The summed E-state index contributed by atoms with van der Waals surface area (Å²) in [4.78, 5) is 77.7. The molecule has 20 heteroatoms. The first-order valence-corrected chi connectivity index (χ1v) is 28.2. The predicted molar refractivity (Wildman–Crippen MR) is 322 cm³/mol. The van der Waals surface area contributed by atoms with Crippen LogP contribution in [0.5, 0.6) is 0 Å². The van der Waals surface area contributed by atoms with Crippen LogP contribution in [0.2, 0.25) is 0 Å². The molecule has 0 aliphatic heterocycles. The highest BCUT2D eigenvalue weighted by molar-refractivity contribution is 5.98. The van der Waals surface area contributed by atoms with Crippen LogP contribution in [0.1, 0.15) is 158 Å². The van der Waals surface area contributed by atoms with Crippen LogP contribution in [0.4, 0.5) is 13.2 Å². The molecule has 2 aliphatic rings. The normalized spacial score (nSPS) is 13.1. The van der Waals surface area contributed by atoms with Crippen LogP contribution < -0.4 is 31.9 Å². The number of hydrogen-bond acceptors (Lipinski definition) is 11. The number of benzene rings is 3. The Hall–Kier alpha value is -9.20. The molecular weight excluding hydrogens is 1090 g/mol. The molecule has 0 spiro atoms. The summed E-state index contributed by atoms with van der Waals surface area (Å²) >= 11 is 0. The SMILES string of the molecule is C=CCNC(=O)c1cc(F)c(C)c(-c2ccc(C(=O)NC3CCCC3)nn2)c1.C=CCNC(=O)c1cc(F)c(C)c(-c2ccc(C(=O)NC3CCCCC3)nn2)c1.C=CCNC(=O)c1cc(F)c(C)c(-c2ccc(C(=O)NCC(C)(C)C)cn2)c1. The zero-order chi connectivity index (χ0) is 61.8. The Morgan fingerprint density at radius 1 is 0.471 bits per heavy atom. The third-order valence-electron chi connectivity index (χ3n) is 14.1. The van der Waals surface area contributed by atoms with Crippen molar-refractivity contribution in [2.45, 2.75) is 111 Å². The maximum atomic E-state index is 14.4. The number of hydrogen-bond donors (Lipinski definition) is 6.